The summed E-state index contributed by atoms with van der Waals surface area (Å²) in [4.78, 5) is 7.17. The Hall–Kier alpha value is -4.41. The lowest BCUT2D eigenvalue weighted by Gasteiger charge is -2.33. The number of piperidine rings is 1. The minimum Gasteiger partial charge on any atom is -0.473 e. The van der Waals surface area contributed by atoms with Gasteiger partial charge >= 0.3 is 0 Å². The van der Waals surface area contributed by atoms with Crippen LogP contribution in [0.15, 0.2) is 91.0 Å². The van der Waals surface area contributed by atoms with Crippen molar-refractivity contribution in [2.45, 2.75) is 32.5 Å². The van der Waals surface area contributed by atoms with Gasteiger partial charge in [-0.1, -0.05) is 60.7 Å². The highest BCUT2D eigenvalue weighted by Gasteiger charge is 2.22. The molecule has 3 heterocycles. The molecule has 3 aromatic carbocycles. The minimum absolute atomic E-state index is 0.249. The zero-order valence-electron chi connectivity index (χ0n) is 25.6. The van der Waals surface area contributed by atoms with Crippen molar-refractivity contribution >= 4 is 26.7 Å². The summed E-state index contributed by atoms with van der Waals surface area (Å²) in [5.74, 6) is 1.41. The molecule has 0 spiro atoms. The Bertz CT molecular complexity index is 1840. The fourth-order valence-corrected chi connectivity index (χ4v) is 6.14. The number of nitrogens with zero attached hydrogens (tertiary/aromatic N) is 4. The van der Waals surface area contributed by atoms with Crippen LogP contribution in [0.1, 0.15) is 30.4 Å². The number of aromatic nitrogens is 3. The van der Waals surface area contributed by atoms with Crippen LogP contribution < -0.4 is 14.4 Å². The average molecular weight is 627 g/mol. The molecule has 0 unspecified atom stereocenters. The van der Waals surface area contributed by atoms with Gasteiger partial charge in [-0.2, -0.15) is 18.5 Å². The molecule has 1 saturated heterocycles. The van der Waals surface area contributed by atoms with E-state index in [4.69, 9.17) is 23.7 Å². The average Bonchev–Trinajstić information content (AvgIpc) is 3.38. The van der Waals surface area contributed by atoms with E-state index in [1.165, 1.54) is 0 Å². The third-order valence-corrected chi connectivity index (χ3v) is 8.77. The zero-order valence-corrected chi connectivity index (χ0v) is 26.4. The van der Waals surface area contributed by atoms with Crippen LogP contribution in [0.5, 0.6) is 11.8 Å². The van der Waals surface area contributed by atoms with Crippen LogP contribution in [-0.2, 0) is 34.6 Å². The lowest BCUT2D eigenvalue weighted by molar-refractivity contribution is 0.264. The second kappa shape index (κ2) is 13.7. The van der Waals surface area contributed by atoms with Crippen LogP contribution in [-0.4, -0.2) is 49.1 Å². The van der Waals surface area contributed by atoms with Gasteiger partial charge in [0.05, 0.1) is 23.9 Å². The normalized spacial score (nSPS) is 14.1. The van der Waals surface area contributed by atoms with Crippen molar-refractivity contribution in [2.24, 2.45) is 13.0 Å². The van der Waals surface area contributed by atoms with Crippen molar-refractivity contribution in [1.82, 2.24) is 14.8 Å². The van der Waals surface area contributed by atoms with E-state index >= 15 is 0 Å². The van der Waals surface area contributed by atoms with Crippen molar-refractivity contribution in [2.75, 3.05) is 30.9 Å². The number of aryl methyl sites for hydroxylation is 1. The van der Waals surface area contributed by atoms with E-state index in [2.05, 4.69) is 23.1 Å². The van der Waals surface area contributed by atoms with E-state index in [9.17, 15) is 8.42 Å². The van der Waals surface area contributed by atoms with Gasteiger partial charge in [-0.05, 0) is 60.6 Å². The van der Waals surface area contributed by atoms with E-state index in [1.54, 1.807) is 0 Å². The van der Waals surface area contributed by atoms with Gasteiger partial charge in [-0.3, -0.25) is 8.86 Å². The van der Waals surface area contributed by atoms with Gasteiger partial charge in [0.15, 0.2) is 0 Å². The number of anilines is 1. The van der Waals surface area contributed by atoms with E-state index in [0.29, 0.717) is 30.9 Å². The van der Waals surface area contributed by atoms with Crippen molar-refractivity contribution in [3.05, 3.63) is 102 Å². The fraction of sp³-hybridized carbons (Fsp3) is 0.314. The maximum atomic E-state index is 11.3. The molecule has 2 aromatic heterocycles. The lowest BCUT2D eigenvalue weighted by Crippen LogP contribution is -2.34. The summed E-state index contributed by atoms with van der Waals surface area (Å²) in [7, 11) is -1.44. The van der Waals surface area contributed by atoms with E-state index < -0.39 is 10.1 Å². The Labute approximate surface area is 264 Å². The summed E-state index contributed by atoms with van der Waals surface area (Å²) in [5, 5.41) is 5.94. The summed E-state index contributed by atoms with van der Waals surface area (Å²) in [5.41, 5.74) is 5.87. The molecule has 0 saturated carbocycles. The second-order valence-electron chi connectivity index (χ2n) is 11.5. The largest absolute Gasteiger partial charge is 0.473 e. The number of pyridine rings is 1. The smallest absolute Gasteiger partial charge is 0.264 e. The van der Waals surface area contributed by atoms with Crippen molar-refractivity contribution < 1.29 is 22.1 Å². The highest BCUT2D eigenvalue weighted by molar-refractivity contribution is 7.85. The Kier molecular flexibility index (Phi) is 9.32. The molecule has 0 radical (unpaired) electrons. The van der Waals surface area contributed by atoms with Gasteiger partial charge in [0.1, 0.15) is 18.9 Å². The first-order valence-electron chi connectivity index (χ1n) is 15.2. The first-order valence-corrected chi connectivity index (χ1v) is 17.0. The Morgan fingerprint density at radius 2 is 1.51 bits per heavy atom. The fourth-order valence-electron chi connectivity index (χ4n) is 5.74. The van der Waals surface area contributed by atoms with Crippen molar-refractivity contribution in [3.63, 3.8) is 0 Å². The monoisotopic (exact) mass is 626 g/mol. The summed E-state index contributed by atoms with van der Waals surface area (Å²) in [6.45, 7) is 2.84. The molecule has 5 aromatic rings. The van der Waals surface area contributed by atoms with Crippen LogP contribution in [0.2, 0.25) is 0 Å². The topological polar surface area (TPSA) is 95.8 Å². The SMILES string of the molecule is Cn1nc(-c2ccc(OCc3ccccc3)nc2OCc2ccccc2)c2ccc(N3CCC(CCOS(C)(=O)=O)CC3)cc21. The molecule has 1 fully saturated rings. The van der Waals surface area contributed by atoms with Crippen LogP contribution in [0.4, 0.5) is 5.69 Å². The van der Waals surface area contributed by atoms with Gasteiger partial charge in [-0.15, -0.1) is 0 Å². The summed E-state index contributed by atoms with van der Waals surface area (Å²) in [6.07, 6.45) is 3.84. The number of ether oxygens (including phenoxy) is 2. The predicted octanol–water partition coefficient (Wildman–Crippen LogP) is 6.38. The Balaban J connectivity index is 1.22. The van der Waals surface area contributed by atoms with E-state index in [1.807, 2.05) is 84.5 Å². The number of rotatable bonds is 12. The van der Waals surface area contributed by atoms with Crippen LogP contribution in [0, 0.1) is 5.92 Å². The molecule has 1 aliphatic heterocycles. The molecule has 0 atom stereocenters. The highest BCUT2D eigenvalue weighted by atomic mass is 32.2. The Morgan fingerprint density at radius 1 is 0.844 bits per heavy atom. The molecular weight excluding hydrogens is 588 g/mol. The van der Waals surface area contributed by atoms with Gasteiger partial charge in [-0.25, -0.2) is 0 Å². The molecule has 0 bridgehead atoms. The van der Waals surface area contributed by atoms with Gasteiger partial charge in [0, 0.05) is 37.3 Å². The molecule has 0 amide bonds. The molecule has 0 N–H and O–H groups in total. The zero-order chi connectivity index (χ0) is 31.2. The molecular formula is C35H38N4O5S. The van der Waals surface area contributed by atoms with Crippen molar-refractivity contribution in [1.29, 1.82) is 0 Å². The highest BCUT2D eigenvalue weighted by Crippen LogP contribution is 2.37. The summed E-state index contributed by atoms with van der Waals surface area (Å²) < 4.78 is 41.8. The maximum absolute atomic E-state index is 11.3. The number of fused-ring (bicyclic) bond motifs is 1. The Morgan fingerprint density at radius 3 is 2.18 bits per heavy atom. The summed E-state index contributed by atoms with van der Waals surface area (Å²) >= 11 is 0. The molecule has 234 valence electrons. The van der Waals surface area contributed by atoms with E-state index in [0.717, 1.165) is 77.6 Å². The third-order valence-electron chi connectivity index (χ3n) is 8.18. The quantitative estimate of drug-likeness (QED) is 0.147. The molecule has 45 heavy (non-hydrogen) atoms. The first-order chi connectivity index (χ1) is 21.8. The second-order valence-corrected chi connectivity index (χ2v) is 13.1. The van der Waals surface area contributed by atoms with Crippen LogP contribution in [0.3, 0.4) is 0 Å². The van der Waals surface area contributed by atoms with Gasteiger partial charge in [0.2, 0.25) is 11.8 Å². The van der Waals surface area contributed by atoms with Crippen molar-refractivity contribution in [3.8, 4) is 23.0 Å². The molecule has 10 heteroatoms. The third kappa shape index (κ3) is 7.82. The lowest BCUT2D eigenvalue weighted by atomic mass is 9.93. The predicted molar refractivity (Wildman–Crippen MR) is 176 cm³/mol. The van der Waals surface area contributed by atoms with Gasteiger partial charge < -0.3 is 14.4 Å². The number of benzene rings is 3. The van der Waals surface area contributed by atoms with Gasteiger partial charge in [0.25, 0.3) is 10.1 Å². The molecule has 9 nitrogen and oxygen atoms in total. The number of hydrogen-bond acceptors (Lipinski definition) is 8. The standard InChI is InChI=1S/C35H38N4O5S/c1-38-32-23-29(39-20-17-26(18-21-39)19-22-44-45(2,40)41)13-14-30(32)34(37-38)31-15-16-33(42-24-27-9-5-3-6-10-27)36-35(31)43-25-28-11-7-4-8-12-28/h3-16,23,26H,17-22,24-25H2,1-2H3. The molecule has 1 aliphatic rings. The maximum Gasteiger partial charge on any atom is 0.264 e. The minimum atomic E-state index is -3.39. The summed E-state index contributed by atoms with van der Waals surface area (Å²) in [6, 6.07) is 30.3. The molecule has 6 rings (SSSR count). The van der Waals surface area contributed by atoms with Crippen LogP contribution >= 0.6 is 0 Å². The first kappa shape index (κ1) is 30.6. The van der Waals surface area contributed by atoms with E-state index in [-0.39, 0.29) is 6.61 Å². The number of hydrogen-bond donors (Lipinski definition) is 0. The molecule has 0 aliphatic carbocycles. The van der Waals surface area contributed by atoms with Crippen LogP contribution in [0.25, 0.3) is 22.2 Å².